The van der Waals surface area contributed by atoms with Gasteiger partial charge in [-0.05, 0) is 43.5 Å². The number of rotatable bonds is 1. The Balaban J connectivity index is 0.00000147. The number of hydrogen-bond acceptors (Lipinski definition) is 2. The molecule has 20 heavy (non-hydrogen) atoms. The smallest absolute Gasteiger partial charge is 0.254 e. The Morgan fingerprint density at radius 1 is 1.15 bits per heavy atom. The van der Waals surface area contributed by atoms with Gasteiger partial charge < -0.3 is 10.2 Å². The van der Waals surface area contributed by atoms with Crippen LogP contribution in [0.15, 0.2) is 18.2 Å². The number of carbonyl (C=O) groups is 1. The predicted molar refractivity (Wildman–Crippen MR) is 74.0 cm³/mol. The second kappa shape index (κ2) is 6.06. The van der Waals surface area contributed by atoms with Crippen molar-refractivity contribution in [3.05, 3.63) is 35.4 Å². The summed E-state index contributed by atoms with van der Waals surface area (Å²) in [5.74, 6) is -0.588. The molecule has 2 heterocycles. The average molecular weight is 303 g/mol. The maximum Gasteiger partial charge on any atom is 0.254 e. The second-order valence-electron chi connectivity index (χ2n) is 5.38. The summed E-state index contributed by atoms with van der Waals surface area (Å²) in [6.45, 7) is 3.28. The first-order valence-corrected chi connectivity index (χ1v) is 6.59. The van der Waals surface area contributed by atoms with E-state index in [1.807, 2.05) is 0 Å². The number of amides is 1. The minimum atomic E-state index is -0.708. The molecule has 110 valence electrons. The quantitative estimate of drug-likeness (QED) is 0.861. The summed E-state index contributed by atoms with van der Waals surface area (Å²) in [5.41, 5.74) is 0.0990. The Morgan fingerprint density at radius 3 is 2.50 bits per heavy atom. The predicted octanol–water partition coefficient (Wildman–Crippen LogP) is 2.07. The van der Waals surface area contributed by atoms with E-state index in [1.165, 1.54) is 0 Å². The Labute approximate surface area is 122 Å². The highest BCUT2D eigenvalue weighted by molar-refractivity contribution is 5.94. The number of piperidine rings is 1. The Kier molecular flexibility index (Phi) is 4.60. The maximum absolute atomic E-state index is 13.1. The summed E-state index contributed by atoms with van der Waals surface area (Å²) >= 11 is 0. The fraction of sp³-hybridized carbons (Fsp3) is 0.500. The Morgan fingerprint density at radius 2 is 1.80 bits per heavy atom. The molecule has 1 amide bonds. The largest absolute Gasteiger partial charge is 0.338 e. The van der Waals surface area contributed by atoms with Gasteiger partial charge >= 0.3 is 0 Å². The van der Waals surface area contributed by atoms with Gasteiger partial charge in [0.1, 0.15) is 11.6 Å². The van der Waals surface area contributed by atoms with Crippen LogP contribution in [0.25, 0.3) is 0 Å². The van der Waals surface area contributed by atoms with Gasteiger partial charge in [-0.2, -0.15) is 0 Å². The monoisotopic (exact) mass is 302 g/mol. The lowest BCUT2D eigenvalue weighted by Gasteiger charge is -2.34. The molecule has 2 unspecified atom stereocenters. The molecule has 0 aromatic heterocycles. The van der Waals surface area contributed by atoms with E-state index in [2.05, 4.69) is 5.32 Å². The fourth-order valence-electron chi connectivity index (χ4n) is 3.08. The summed E-state index contributed by atoms with van der Waals surface area (Å²) in [7, 11) is 0. The summed E-state index contributed by atoms with van der Waals surface area (Å²) < 4.78 is 26.3. The van der Waals surface area contributed by atoms with Crippen LogP contribution in [0.1, 0.15) is 16.8 Å². The normalized spacial score (nSPS) is 25.0. The van der Waals surface area contributed by atoms with Gasteiger partial charge in [0.15, 0.2) is 0 Å². The van der Waals surface area contributed by atoms with E-state index in [9.17, 15) is 13.6 Å². The van der Waals surface area contributed by atoms with Crippen LogP contribution in [0.3, 0.4) is 0 Å². The van der Waals surface area contributed by atoms with Crippen molar-refractivity contribution in [2.24, 2.45) is 11.8 Å². The van der Waals surface area contributed by atoms with Crippen molar-refractivity contribution in [2.75, 3.05) is 26.2 Å². The van der Waals surface area contributed by atoms with Crippen molar-refractivity contribution < 1.29 is 13.6 Å². The first-order valence-electron chi connectivity index (χ1n) is 6.59. The standard InChI is InChI=1S/C14H16F2N2O.ClH/c15-12-3-10(4-13(16)5-12)14(19)18-2-1-9-6-17-7-11(9)8-18;/h3-5,9,11,17H,1-2,6-8H2;1H. The van der Waals surface area contributed by atoms with E-state index in [1.54, 1.807) is 4.90 Å². The van der Waals surface area contributed by atoms with E-state index in [4.69, 9.17) is 0 Å². The Bertz CT molecular complexity index is 492. The highest BCUT2D eigenvalue weighted by Gasteiger charge is 2.34. The number of nitrogens with one attached hydrogen (secondary N) is 1. The molecule has 1 aromatic rings. The highest BCUT2D eigenvalue weighted by Crippen LogP contribution is 2.27. The van der Waals surface area contributed by atoms with E-state index < -0.39 is 11.6 Å². The van der Waals surface area contributed by atoms with Crippen LogP contribution in [-0.4, -0.2) is 37.0 Å². The molecular formula is C14H17ClF2N2O. The zero-order chi connectivity index (χ0) is 13.4. The summed E-state index contributed by atoms with van der Waals surface area (Å²) in [6, 6.07) is 2.98. The number of likely N-dealkylation sites (tertiary alicyclic amines) is 1. The fourth-order valence-corrected chi connectivity index (χ4v) is 3.08. The van der Waals surface area contributed by atoms with Gasteiger partial charge in [0.25, 0.3) is 5.91 Å². The third-order valence-corrected chi connectivity index (χ3v) is 4.10. The number of fused-ring (bicyclic) bond motifs is 1. The van der Waals surface area contributed by atoms with Gasteiger partial charge in [0.05, 0.1) is 0 Å². The molecule has 0 saturated carbocycles. The number of carbonyl (C=O) groups excluding carboxylic acids is 1. The minimum Gasteiger partial charge on any atom is -0.338 e. The Hall–Kier alpha value is -1.20. The van der Waals surface area contributed by atoms with Crippen molar-refractivity contribution >= 4 is 18.3 Å². The average Bonchev–Trinajstić information content (AvgIpc) is 2.83. The topological polar surface area (TPSA) is 32.3 Å². The SMILES string of the molecule is Cl.O=C(c1cc(F)cc(F)c1)N1CCC2CNCC2C1. The van der Waals surface area contributed by atoms with Crippen LogP contribution in [-0.2, 0) is 0 Å². The first-order chi connectivity index (χ1) is 9.13. The number of hydrogen-bond donors (Lipinski definition) is 1. The molecule has 2 fully saturated rings. The third kappa shape index (κ3) is 2.94. The highest BCUT2D eigenvalue weighted by atomic mass is 35.5. The first kappa shape index (κ1) is 15.2. The van der Waals surface area contributed by atoms with Crippen molar-refractivity contribution in [2.45, 2.75) is 6.42 Å². The van der Waals surface area contributed by atoms with E-state index in [0.717, 1.165) is 37.7 Å². The molecule has 6 heteroatoms. The van der Waals surface area contributed by atoms with Crippen molar-refractivity contribution in [1.29, 1.82) is 0 Å². The summed E-state index contributed by atoms with van der Waals surface area (Å²) in [4.78, 5) is 14.0. The molecule has 0 radical (unpaired) electrons. The van der Waals surface area contributed by atoms with E-state index >= 15 is 0 Å². The molecule has 2 saturated heterocycles. The van der Waals surface area contributed by atoms with Crippen molar-refractivity contribution in [1.82, 2.24) is 10.2 Å². The molecule has 2 atom stereocenters. The molecule has 0 spiro atoms. The van der Waals surface area contributed by atoms with Crippen molar-refractivity contribution in [3.63, 3.8) is 0 Å². The number of halogens is 3. The third-order valence-electron chi connectivity index (χ3n) is 4.10. The van der Waals surface area contributed by atoms with Gasteiger partial charge in [-0.1, -0.05) is 0 Å². The lowest BCUT2D eigenvalue weighted by Crippen LogP contribution is -2.43. The second-order valence-corrected chi connectivity index (χ2v) is 5.38. The van der Waals surface area contributed by atoms with Gasteiger partial charge in [-0.3, -0.25) is 4.79 Å². The van der Waals surface area contributed by atoms with Crippen molar-refractivity contribution in [3.8, 4) is 0 Å². The van der Waals surface area contributed by atoms with Gasteiger partial charge in [-0.25, -0.2) is 8.78 Å². The zero-order valence-corrected chi connectivity index (χ0v) is 11.8. The molecule has 2 aliphatic heterocycles. The summed E-state index contributed by atoms with van der Waals surface area (Å²) in [6.07, 6.45) is 0.960. The van der Waals surface area contributed by atoms with E-state index in [0.29, 0.717) is 24.9 Å². The van der Waals surface area contributed by atoms with Crippen LogP contribution < -0.4 is 5.32 Å². The van der Waals surface area contributed by atoms with E-state index in [-0.39, 0.29) is 23.9 Å². The van der Waals surface area contributed by atoms with Crippen LogP contribution in [0.4, 0.5) is 8.78 Å². The van der Waals surface area contributed by atoms with Gasteiger partial charge in [0.2, 0.25) is 0 Å². The molecule has 3 nitrogen and oxygen atoms in total. The zero-order valence-electron chi connectivity index (χ0n) is 10.9. The number of benzene rings is 1. The molecule has 1 N–H and O–H groups in total. The van der Waals surface area contributed by atoms with Crippen LogP contribution >= 0.6 is 12.4 Å². The minimum absolute atomic E-state index is 0. The van der Waals surface area contributed by atoms with Crippen LogP contribution in [0.2, 0.25) is 0 Å². The lowest BCUT2D eigenvalue weighted by atomic mass is 9.88. The lowest BCUT2D eigenvalue weighted by molar-refractivity contribution is 0.0641. The molecule has 0 bridgehead atoms. The van der Waals surface area contributed by atoms with Crippen LogP contribution in [0, 0.1) is 23.5 Å². The molecule has 0 aliphatic carbocycles. The molecule has 1 aromatic carbocycles. The van der Waals surface area contributed by atoms with Gasteiger partial charge in [0, 0.05) is 24.7 Å². The summed E-state index contributed by atoms with van der Waals surface area (Å²) in [5, 5.41) is 3.32. The molecule has 2 aliphatic rings. The molecule has 3 rings (SSSR count). The van der Waals surface area contributed by atoms with Gasteiger partial charge in [-0.15, -0.1) is 12.4 Å². The number of nitrogens with zero attached hydrogens (tertiary/aromatic N) is 1. The van der Waals surface area contributed by atoms with Crippen LogP contribution in [0.5, 0.6) is 0 Å². The molecular weight excluding hydrogens is 286 g/mol. The maximum atomic E-state index is 13.1.